The summed E-state index contributed by atoms with van der Waals surface area (Å²) in [7, 11) is 0. The summed E-state index contributed by atoms with van der Waals surface area (Å²) in [5.41, 5.74) is 0. The predicted molar refractivity (Wildman–Crippen MR) is 51.3 cm³/mol. The molecule has 1 radical (unpaired) electrons. The number of rotatable bonds is 3. The Morgan fingerprint density at radius 1 is 0.944 bits per heavy atom. The molecule has 1 saturated heterocycles. The first-order valence-electron chi connectivity index (χ1n) is 5.54. The summed E-state index contributed by atoms with van der Waals surface area (Å²) in [6.07, 6.45) is -12.6. The largest absolute Gasteiger partial charge is 0.430 e. The van der Waals surface area contributed by atoms with E-state index < -0.39 is 24.7 Å². The Balaban J connectivity index is 2.65. The van der Waals surface area contributed by atoms with Crippen LogP contribution in [0.5, 0.6) is 0 Å². The summed E-state index contributed by atoms with van der Waals surface area (Å²) in [4.78, 5) is 1.47. The van der Waals surface area contributed by atoms with Crippen LogP contribution in [0.1, 0.15) is 26.2 Å². The molecule has 0 aromatic carbocycles. The van der Waals surface area contributed by atoms with Gasteiger partial charge in [0.15, 0.2) is 0 Å². The number of hydrogen-bond acceptors (Lipinski definition) is 2. The molecular formula is C10H14F6NO. The average Bonchev–Trinajstić information content (AvgIpc) is 2.23. The SMILES string of the molecule is CC(O[C](C(F)(F)F)C(F)(F)F)N1CCCCC1. The maximum atomic E-state index is 12.2. The van der Waals surface area contributed by atoms with Gasteiger partial charge in [-0.25, -0.2) is 0 Å². The molecule has 1 atom stereocenters. The Kier molecular flexibility index (Phi) is 4.88. The van der Waals surface area contributed by atoms with Crippen LogP contribution in [0.25, 0.3) is 0 Å². The molecule has 0 N–H and O–H groups in total. The second-order valence-corrected chi connectivity index (χ2v) is 4.14. The zero-order chi connectivity index (χ0) is 14.0. The lowest BCUT2D eigenvalue weighted by molar-refractivity contribution is -0.280. The molecule has 1 unspecified atom stereocenters. The highest BCUT2D eigenvalue weighted by Crippen LogP contribution is 2.42. The van der Waals surface area contributed by atoms with Gasteiger partial charge in [0.25, 0.3) is 0 Å². The molecule has 2 nitrogen and oxygen atoms in total. The first kappa shape index (κ1) is 15.6. The first-order chi connectivity index (χ1) is 8.12. The predicted octanol–water partition coefficient (Wildman–Crippen LogP) is 3.49. The number of hydrogen-bond donors (Lipinski definition) is 0. The van der Waals surface area contributed by atoms with Gasteiger partial charge in [0, 0.05) is 13.1 Å². The Morgan fingerprint density at radius 2 is 1.39 bits per heavy atom. The minimum atomic E-state index is -5.53. The van der Waals surface area contributed by atoms with Gasteiger partial charge in [-0.05, 0) is 19.8 Å². The fourth-order valence-electron chi connectivity index (χ4n) is 1.82. The number of nitrogens with zero attached hydrogens (tertiary/aromatic N) is 1. The number of likely N-dealkylation sites (tertiary alicyclic amines) is 1. The van der Waals surface area contributed by atoms with Crippen molar-refractivity contribution in [2.24, 2.45) is 0 Å². The average molecular weight is 278 g/mol. The van der Waals surface area contributed by atoms with Crippen LogP contribution in [0.2, 0.25) is 0 Å². The van der Waals surface area contributed by atoms with Gasteiger partial charge in [-0.15, -0.1) is 0 Å². The van der Waals surface area contributed by atoms with E-state index in [9.17, 15) is 26.3 Å². The molecule has 0 saturated carbocycles. The van der Waals surface area contributed by atoms with Gasteiger partial charge in [-0.3, -0.25) is 4.90 Å². The van der Waals surface area contributed by atoms with Crippen LogP contribution in [0.3, 0.4) is 0 Å². The molecule has 1 aliphatic rings. The highest BCUT2D eigenvalue weighted by Gasteiger charge is 2.60. The molecule has 0 amide bonds. The Bertz CT molecular complexity index is 244. The molecule has 0 bridgehead atoms. The van der Waals surface area contributed by atoms with E-state index in [1.54, 1.807) is 0 Å². The molecule has 1 heterocycles. The van der Waals surface area contributed by atoms with Gasteiger partial charge < -0.3 is 4.74 Å². The van der Waals surface area contributed by atoms with Crippen molar-refractivity contribution in [1.29, 1.82) is 0 Å². The highest BCUT2D eigenvalue weighted by molar-refractivity contribution is 4.96. The van der Waals surface area contributed by atoms with Crippen molar-refractivity contribution in [3.8, 4) is 0 Å². The topological polar surface area (TPSA) is 12.5 Å². The van der Waals surface area contributed by atoms with E-state index in [2.05, 4.69) is 4.74 Å². The zero-order valence-electron chi connectivity index (χ0n) is 9.74. The van der Waals surface area contributed by atoms with Crippen molar-refractivity contribution < 1.29 is 31.1 Å². The lowest BCUT2D eigenvalue weighted by atomic mass is 10.1. The summed E-state index contributed by atoms with van der Waals surface area (Å²) < 4.78 is 77.6. The van der Waals surface area contributed by atoms with E-state index in [0.29, 0.717) is 13.1 Å². The van der Waals surface area contributed by atoms with E-state index >= 15 is 0 Å². The Labute approximate surface area is 101 Å². The fourth-order valence-corrected chi connectivity index (χ4v) is 1.82. The number of alkyl halides is 6. The third kappa shape index (κ3) is 4.31. The van der Waals surface area contributed by atoms with E-state index in [4.69, 9.17) is 0 Å². The maximum absolute atomic E-state index is 12.2. The van der Waals surface area contributed by atoms with Crippen LogP contribution in [0.4, 0.5) is 26.3 Å². The minimum absolute atomic E-state index is 0.449. The van der Waals surface area contributed by atoms with Gasteiger partial charge in [0.05, 0.1) is 0 Å². The standard InChI is InChI=1S/C10H14F6NO/c1-7(17-5-3-2-4-6-17)18-8(9(11,12)13)10(14,15)16/h7H,2-6H2,1H3. The molecule has 0 spiro atoms. The summed E-state index contributed by atoms with van der Waals surface area (Å²) in [5.74, 6) is 0. The molecule has 18 heavy (non-hydrogen) atoms. The molecule has 107 valence electrons. The van der Waals surface area contributed by atoms with Crippen molar-refractivity contribution in [3.63, 3.8) is 0 Å². The van der Waals surface area contributed by atoms with Gasteiger partial charge in [-0.1, -0.05) is 6.42 Å². The summed E-state index contributed by atoms with van der Waals surface area (Å²) in [6.45, 7) is 2.09. The van der Waals surface area contributed by atoms with E-state index in [-0.39, 0.29) is 0 Å². The van der Waals surface area contributed by atoms with Crippen molar-refractivity contribution >= 4 is 0 Å². The van der Waals surface area contributed by atoms with E-state index in [1.165, 1.54) is 11.8 Å². The van der Waals surface area contributed by atoms with Crippen LogP contribution in [-0.4, -0.2) is 36.6 Å². The molecule has 0 aliphatic carbocycles. The highest BCUT2D eigenvalue weighted by atomic mass is 19.4. The van der Waals surface area contributed by atoms with E-state index in [1.807, 2.05) is 0 Å². The second kappa shape index (κ2) is 5.64. The lowest BCUT2D eigenvalue weighted by Gasteiger charge is -2.34. The molecular weight excluding hydrogens is 264 g/mol. The monoisotopic (exact) mass is 278 g/mol. The van der Waals surface area contributed by atoms with Crippen molar-refractivity contribution in [3.05, 3.63) is 6.10 Å². The zero-order valence-corrected chi connectivity index (χ0v) is 9.74. The van der Waals surface area contributed by atoms with Crippen molar-refractivity contribution in [2.45, 2.75) is 44.8 Å². The fraction of sp³-hybridized carbons (Fsp3) is 0.900. The third-order valence-electron chi connectivity index (χ3n) is 2.71. The quantitative estimate of drug-likeness (QED) is 0.733. The molecule has 0 aromatic heterocycles. The number of piperidine rings is 1. The van der Waals surface area contributed by atoms with E-state index in [0.717, 1.165) is 19.3 Å². The molecule has 0 aromatic rings. The normalized spacial score (nSPS) is 21.3. The first-order valence-corrected chi connectivity index (χ1v) is 5.54. The smallest absolute Gasteiger partial charge is 0.337 e. The molecule has 1 aliphatic heterocycles. The molecule has 1 rings (SSSR count). The summed E-state index contributed by atoms with van der Waals surface area (Å²) in [6, 6.07) is 0. The lowest BCUT2D eigenvalue weighted by Crippen LogP contribution is -2.45. The molecule has 8 heteroatoms. The van der Waals surface area contributed by atoms with Crippen molar-refractivity contribution in [2.75, 3.05) is 13.1 Å². The summed E-state index contributed by atoms with van der Waals surface area (Å²) in [5, 5.41) is 0. The van der Waals surface area contributed by atoms with Crippen LogP contribution < -0.4 is 0 Å². The Hall–Kier alpha value is -0.500. The number of ether oxygens (including phenoxy) is 1. The van der Waals surface area contributed by atoms with Crippen LogP contribution >= 0.6 is 0 Å². The van der Waals surface area contributed by atoms with Gasteiger partial charge in [0.2, 0.25) is 0 Å². The molecule has 1 fully saturated rings. The second-order valence-electron chi connectivity index (χ2n) is 4.14. The maximum Gasteiger partial charge on any atom is 0.430 e. The third-order valence-corrected chi connectivity index (χ3v) is 2.71. The Morgan fingerprint density at radius 3 is 1.78 bits per heavy atom. The van der Waals surface area contributed by atoms with Crippen LogP contribution in [0, 0.1) is 6.10 Å². The minimum Gasteiger partial charge on any atom is -0.337 e. The van der Waals surface area contributed by atoms with Crippen molar-refractivity contribution in [1.82, 2.24) is 4.90 Å². The van der Waals surface area contributed by atoms with Crippen LogP contribution in [-0.2, 0) is 4.74 Å². The van der Waals surface area contributed by atoms with Gasteiger partial charge in [-0.2, -0.15) is 26.3 Å². The van der Waals surface area contributed by atoms with Gasteiger partial charge >= 0.3 is 18.5 Å². The van der Waals surface area contributed by atoms with Crippen LogP contribution in [0.15, 0.2) is 0 Å². The summed E-state index contributed by atoms with van der Waals surface area (Å²) >= 11 is 0. The van der Waals surface area contributed by atoms with Gasteiger partial charge in [0.1, 0.15) is 6.23 Å². The number of halogens is 6.